The normalized spacial score (nSPS) is 49.9. The lowest BCUT2D eigenvalue weighted by atomic mass is 9.83. The second-order valence-electron chi connectivity index (χ2n) is 9.83. The highest BCUT2D eigenvalue weighted by atomic mass is 16.8. The molecule has 3 aliphatic rings. The summed E-state index contributed by atoms with van der Waals surface area (Å²) in [5.41, 5.74) is 0. The number of aliphatic hydroxyl groups is 11. The van der Waals surface area contributed by atoms with Gasteiger partial charge in [-0.3, -0.25) is 0 Å². The number of carbonyl (C=O) groups is 1. The molecule has 39 heavy (non-hydrogen) atoms. The molecule has 0 spiro atoms. The van der Waals surface area contributed by atoms with Crippen LogP contribution in [-0.2, 0) is 28.5 Å². The molecule has 0 radical (unpaired) electrons. The third-order valence-electron chi connectivity index (χ3n) is 7.29. The fourth-order valence-electron chi connectivity index (χ4n) is 4.68. The van der Waals surface area contributed by atoms with Crippen LogP contribution in [0.5, 0.6) is 0 Å². The molecule has 18 heteroatoms. The van der Waals surface area contributed by atoms with E-state index in [0.717, 1.165) is 0 Å². The van der Waals surface area contributed by atoms with Crippen molar-refractivity contribution in [3.8, 4) is 0 Å². The highest BCUT2D eigenvalue weighted by Crippen LogP contribution is 2.42. The van der Waals surface area contributed by atoms with E-state index in [4.69, 9.17) is 23.7 Å². The minimum atomic E-state index is -2.85. The van der Waals surface area contributed by atoms with Gasteiger partial charge in [0, 0.05) is 12.3 Å². The number of hydrogen-bond acceptors (Lipinski definition) is 17. The molecular formula is C21H36O18. The van der Waals surface area contributed by atoms with Crippen LogP contribution in [0, 0.1) is 5.92 Å². The van der Waals surface area contributed by atoms with Gasteiger partial charge in [0.05, 0.1) is 25.9 Å². The Balaban J connectivity index is 1.79. The van der Waals surface area contributed by atoms with E-state index in [1.54, 1.807) is 0 Å². The predicted octanol–water partition coefficient (Wildman–Crippen LogP) is -7.13. The van der Waals surface area contributed by atoms with Crippen LogP contribution in [0.15, 0.2) is 0 Å². The van der Waals surface area contributed by atoms with Crippen molar-refractivity contribution in [3.05, 3.63) is 0 Å². The van der Waals surface area contributed by atoms with Gasteiger partial charge in [-0.25, -0.2) is 4.79 Å². The van der Waals surface area contributed by atoms with Crippen molar-refractivity contribution in [1.82, 2.24) is 0 Å². The molecule has 0 aromatic carbocycles. The molecule has 12 N–H and O–H groups in total. The first kappa shape index (κ1) is 32.3. The molecule has 0 saturated carbocycles. The molecular weight excluding hydrogens is 540 g/mol. The summed E-state index contributed by atoms with van der Waals surface area (Å²) in [7, 11) is 0. The van der Waals surface area contributed by atoms with E-state index in [1.807, 2.05) is 0 Å². The Bertz CT molecular complexity index is 831. The predicted molar refractivity (Wildman–Crippen MR) is 117 cm³/mol. The zero-order valence-corrected chi connectivity index (χ0v) is 20.7. The molecule has 3 rings (SSSR count). The molecule has 0 bridgehead atoms. The van der Waals surface area contributed by atoms with Crippen LogP contribution in [0.25, 0.3) is 0 Å². The van der Waals surface area contributed by atoms with Crippen LogP contribution in [0.2, 0.25) is 0 Å². The zero-order chi connectivity index (χ0) is 29.4. The lowest BCUT2D eigenvalue weighted by molar-refractivity contribution is -0.417. The summed E-state index contributed by atoms with van der Waals surface area (Å²) in [6, 6.07) is 0. The van der Waals surface area contributed by atoms with Crippen LogP contribution in [-0.4, -0.2) is 172 Å². The average molecular weight is 577 g/mol. The highest BCUT2D eigenvalue weighted by Gasteiger charge is 2.61. The molecule has 0 aromatic heterocycles. The number of aliphatic carboxylic acids is 1. The lowest BCUT2D eigenvalue weighted by Crippen LogP contribution is -2.68. The minimum Gasteiger partial charge on any atom is -0.477 e. The van der Waals surface area contributed by atoms with Crippen LogP contribution >= 0.6 is 0 Å². The van der Waals surface area contributed by atoms with Gasteiger partial charge in [-0.1, -0.05) is 6.92 Å². The van der Waals surface area contributed by atoms with Gasteiger partial charge in [-0.2, -0.15) is 0 Å². The summed E-state index contributed by atoms with van der Waals surface area (Å²) in [6.07, 6.45) is -22.7. The highest BCUT2D eigenvalue weighted by molar-refractivity contribution is 5.76. The summed E-state index contributed by atoms with van der Waals surface area (Å²) in [4.78, 5) is 12.1. The average Bonchev–Trinajstić information content (AvgIpc) is 2.90. The van der Waals surface area contributed by atoms with Gasteiger partial charge in [0.15, 0.2) is 12.6 Å². The molecule has 3 heterocycles. The van der Waals surface area contributed by atoms with E-state index < -0.39 is 123 Å². The lowest BCUT2D eigenvalue weighted by Gasteiger charge is -2.50. The first-order valence-corrected chi connectivity index (χ1v) is 12.1. The molecule has 5 unspecified atom stereocenters. The molecule has 0 aliphatic carbocycles. The maximum absolute atomic E-state index is 12.1. The first-order chi connectivity index (χ1) is 18.1. The summed E-state index contributed by atoms with van der Waals surface area (Å²) >= 11 is 0. The number of ether oxygens (including phenoxy) is 5. The summed E-state index contributed by atoms with van der Waals surface area (Å²) in [5, 5.41) is 121. The fourth-order valence-corrected chi connectivity index (χ4v) is 4.68. The van der Waals surface area contributed by atoms with Gasteiger partial charge in [0.25, 0.3) is 5.79 Å². The van der Waals surface area contributed by atoms with E-state index >= 15 is 0 Å². The molecule has 18 nitrogen and oxygen atoms in total. The summed E-state index contributed by atoms with van der Waals surface area (Å²) in [5.74, 6) is -8.82. The maximum Gasteiger partial charge on any atom is 0.364 e. The maximum atomic E-state index is 12.1. The number of carboxylic acids is 1. The van der Waals surface area contributed by atoms with E-state index in [0.29, 0.717) is 0 Å². The smallest absolute Gasteiger partial charge is 0.364 e. The quantitative estimate of drug-likeness (QED) is 0.121. The fraction of sp³-hybridized carbons (Fsp3) is 0.952. The van der Waals surface area contributed by atoms with Crippen LogP contribution in [0.4, 0.5) is 0 Å². The number of hydrogen-bond donors (Lipinski definition) is 12. The molecule has 3 aliphatic heterocycles. The van der Waals surface area contributed by atoms with Crippen LogP contribution < -0.4 is 0 Å². The zero-order valence-electron chi connectivity index (χ0n) is 20.7. The van der Waals surface area contributed by atoms with Gasteiger partial charge in [-0.05, 0) is 0 Å². The van der Waals surface area contributed by atoms with Gasteiger partial charge in [-0.15, -0.1) is 0 Å². The molecule has 0 amide bonds. The topological polar surface area (TPSA) is 306 Å². The Morgan fingerprint density at radius 3 is 2.15 bits per heavy atom. The van der Waals surface area contributed by atoms with E-state index in [1.165, 1.54) is 6.92 Å². The third kappa shape index (κ3) is 6.06. The molecule has 3 fully saturated rings. The standard InChI is InChI=1S/C21H36O18/c1-6-7(24)2-20(19(32)33,39-21(6,34)10(25)4-23)35-5-9-11(26)12(27)15(30)18(37-9)38-16-8(3-22)36-17(31)14(29)13(16)28/h6-18,22-31,34H,2-5H2,1H3,(H,32,33)/t6-,7-,8?,9?,10-,11+,12+,13-,14?,15?,16-,17?,18+,20-,21+/m1/s1. The Hall–Kier alpha value is -1.17. The van der Waals surface area contributed by atoms with Crippen LogP contribution in [0.3, 0.4) is 0 Å². The Kier molecular flexibility index (Phi) is 10.3. The molecule has 15 atom stereocenters. The van der Waals surface area contributed by atoms with Crippen molar-refractivity contribution < 1.29 is 89.8 Å². The SMILES string of the molecule is C[C@@H]1[C@H](O)C[C@](OCC2O[C@@H](O[C@@H]3C(CO)OC(O)C(O)[C@H]3O)C(O)[C@@H](O)[C@H]2O)(C(=O)O)O[C@]1(O)[C@H](O)CO. The Morgan fingerprint density at radius 2 is 1.59 bits per heavy atom. The van der Waals surface area contributed by atoms with Crippen molar-refractivity contribution >= 4 is 5.97 Å². The number of aliphatic hydroxyl groups excluding tert-OH is 10. The second-order valence-corrected chi connectivity index (χ2v) is 9.83. The number of rotatable bonds is 9. The van der Waals surface area contributed by atoms with Crippen molar-refractivity contribution in [3.63, 3.8) is 0 Å². The van der Waals surface area contributed by atoms with E-state index in [9.17, 15) is 66.1 Å². The first-order valence-electron chi connectivity index (χ1n) is 12.1. The third-order valence-corrected chi connectivity index (χ3v) is 7.29. The Labute approximate surface area is 220 Å². The van der Waals surface area contributed by atoms with Gasteiger partial charge in [0.1, 0.15) is 54.9 Å². The Morgan fingerprint density at radius 1 is 0.949 bits per heavy atom. The van der Waals surface area contributed by atoms with Gasteiger partial charge in [0.2, 0.25) is 5.79 Å². The summed E-state index contributed by atoms with van der Waals surface area (Å²) in [6.45, 7) is -1.62. The summed E-state index contributed by atoms with van der Waals surface area (Å²) < 4.78 is 26.3. The van der Waals surface area contributed by atoms with E-state index in [-0.39, 0.29) is 0 Å². The second kappa shape index (κ2) is 12.4. The number of carboxylic acid groups (broad SMARTS) is 1. The van der Waals surface area contributed by atoms with Crippen molar-refractivity contribution in [2.45, 2.75) is 98.5 Å². The van der Waals surface area contributed by atoms with Crippen molar-refractivity contribution in [1.29, 1.82) is 0 Å². The molecule has 3 saturated heterocycles. The largest absolute Gasteiger partial charge is 0.477 e. The van der Waals surface area contributed by atoms with Gasteiger partial charge < -0.3 is 85.0 Å². The van der Waals surface area contributed by atoms with Crippen molar-refractivity contribution in [2.75, 3.05) is 19.8 Å². The molecule has 0 aromatic rings. The minimum absolute atomic E-state index is 0.790. The monoisotopic (exact) mass is 576 g/mol. The van der Waals surface area contributed by atoms with Gasteiger partial charge >= 0.3 is 5.97 Å². The van der Waals surface area contributed by atoms with Crippen molar-refractivity contribution in [2.24, 2.45) is 5.92 Å². The molecule has 228 valence electrons. The van der Waals surface area contributed by atoms with Crippen LogP contribution in [0.1, 0.15) is 13.3 Å². The van der Waals surface area contributed by atoms with E-state index in [2.05, 4.69) is 0 Å².